The third kappa shape index (κ3) is 3.30. The van der Waals surface area contributed by atoms with E-state index in [1.54, 1.807) is 0 Å². The molecule has 0 atom stereocenters. The molecule has 0 radical (unpaired) electrons. The van der Waals surface area contributed by atoms with Crippen LogP contribution in [0.2, 0.25) is 0 Å². The van der Waals surface area contributed by atoms with Crippen LogP contribution in [0.15, 0.2) is 46.5 Å². The Hall–Kier alpha value is -2.01. The SMILES string of the molecule is CC(C)c1ccc(Sc2ncc(C(=O)O)cc2N)cc1. The zero-order valence-corrected chi connectivity index (χ0v) is 12.1. The fourth-order valence-electron chi connectivity index (χ4n) is 1.70. The highest BCUT2D eigenvalue weighted by Gasteiger charge is 2.09. The second-order valence-corrected chi connectivity index (χ2v) is 5.81. The highest BCUT2D eigenvalue weighted by Crippen LogP contribution is 2.31. The van der Waals surface area contributed by atoms with Crippen LogP contribution in [0.5, 0.6) is 0 Å². The summed E-state index contributed by atoms with van der Waals surface area (Å²) in [5.74, 6) is -0.533. The number of carboxylic acids is 1. The highest BCUT2D eigenvalue weighted by molar-refractivity contribution is 7.99. The summed E-state index contributed by atoms with van der Waals surface area (Å²) in [5, 5.41) is 9.49. The maximum atomic E-state index is 10.8. The Balaban J connectivity index is 2.19. The summed E-state index contributed by atoms with van der Waals surface area (Å²) in [6.07, 6.45) is 1.32. The van der Waals surface area contributed by atoms with Crippen molar-refractivity contribution < 1.29 is 9.90 Å². The van der Waals surface area contributed by atoms with Gasteiger partial charge in [0.25, 0.3) is 0 Å². The Labute approximate surface area is 122 Å². The standard InChI is InChI=1S/C15H16N2O2S/c1-9(2)10-3-5-12(6-4-10)20-14-13(16)7-11(8-17-14)15(18)19/h3-9H,16H2,1-2H3,(H,18,19). The maximum absolute atomic E-state index is 10.8. The van der Waals surface area contributed by atoms with E-state index in [1.807, 2.05) is 12.1 Å². The van der Waals surface area contributed by atoms with Gasteiger partial charge in [0.1, 0.15) is 5.03 Å². The molecule has 0 aliphatic heterocycles. The van der Waals surface area contributed by atoms with E-state index in [2.05, 4.69) is 31.0 Å². The summed E-state index contributed by atoms with van der Waals surface area (Å²) in [5.41, 5.74) is 7.59. The quantitative estimate of drug-likeness (QED) is 0.898. The lowest BCUT2D eigenvalue weighted by molar-refractivity contribution is 0.0696. The molecule has 0 aliphatic rings. The van der Waals surface area contributed by atoms with Gasteiger partial charge < -0.3 is 10.8 Å². The van der Waals surface area contributed by atoms with Crippen molar-refractivity contribution >= 4 is 23.4 Å². The van der Waals surface area contributed by atoms with Crippen molar-refractivity contribution in [1.29, 1.82) is 0 Å². The number of carboxylic acid groups (broad SMARTS) is 1. The highest BCUT2D eigenvalue weighted by atomic mass is 32.2. The fourth-order valence-corrected chi connectivity index (χ4v) is 2.48. The van der Waals surface area contributed by atoms with Crippen molar-refractivity contribution in [2.45, 2.75) is 29.7 Å². The molecule has 1 aromatic heterocycles. The molecule has 0 bridgehead atoms. The molecular weight excluding hydrogens is 272 g/mol. The number of pyridine rings is 1. The van der Waals surface area contributed by atoms with Gasteiger partial charge in [-0.25, -0.2) is 9.78 Å². The van der Waals surface area contributed by atoms with Gasteiger partial charge in [0.15, 0.2) is 0 Å². The zero-order valence-electron chi connectivity index (χ0n) is 11.3. The van der Waals surface area contributed by atoms with Crippen molar-refractivity contribution in [2.24, 2.45) is 0 Å². The van der Waals surface area contributed by atoms with Crippen LogP contribution in [0.3, 0.4) is 0 Å². The molecule has 104 valence electrons. The van der Waals surface area contributed by atoms with Crippen molar-refractivity contribution in [3.8, 4) is 0 Å². The number of hydrogen-bond donors (Lipinski definition) is 2. The number of nitrogens with two attached hydrogens (primary N) is 1. The van der Waals surface area contributed by atoms with Crippen molar-refractivity contribution in [3.63, 3.8) is 0 Å². The lowest BCUT2D eigenvalue weighted by atomic mass is 10.0. The molecule has 2 rings (SSSR count). The fraction of sp³-hybridized carbons (Fsp3) is 0.200. The Bertz CT molecular complexity index is 624. The van der Waals surface area contributed by atoms with E-state index in [1.165, 1.54) is 29.6 Å². The van der Waals surface area contributed by atoms with Crippen LogP contribution in [0.1, 0.15) is 35.7 Å². The van der Waals surface area contributed by atoms with E-state index < -0.39 is 5.97 Å². The number of nitrogen functional groups attached to an aromatic ring is 1. The first-order chi connectivity index (χ1) is 9.47. The number of anilines is 1. The molecule has 2 aromatic rings. The number of benzene rings is 1. The van der Waals surface area contributed by atoms with Gasteiger partial charge in [-0.2, -0.15) is 0 Å². The van der Waals surface area contributed by atoms with Gasteiger partial charge in [-0.15, -0.1) is 0 Å². The van der Waals surface area contributed by atoms with Crippen LogP contribution in [-0.2, 0) is 0 Å². The second kappa shape index (κ2) is 5.96. The summed E-state index contributed by atoms with van der Waals surface area (Å²) in [7, 11) is 0. The van der Waals surface area contributed by atoms with Gasteiger partial charge in [-0.05, 0) is 29.7 Å². The Kier molecular flexibility index (Phi) is 4.29. The number of carbonyl (C=O) groups is 1. The molecule has 1 aromatic carbocycles. The van der Waals surface area contributed by atoms with Gasteiger partial charge in [-0.3, -0.25) is 0 Å². The number of hydrogen-bond acceptors (Lipinski definition) is 4. The third-order valence-electron chi connectivity index (χ3n) is 2.89. The summed E-state index contributed by atoms with van der Waals surface area (Å²) in [6.45, 7) is 4.29. The summed E-state index contributed by atoms with van der Waals surface area (Å²) in [4.78, 5) is 16.0. The number of nitrogens with zero attached hydrogens (tertiary/aromatic N) is 1. The lowest BCUT2D eigenvalue weighted by Gasteiger charge is -2.08. The minimum absolute atomic E-state index is 0.0991. The van der Waals surface area contributed by atoms with Crippen LogP contribution in [0.4, 0.5) is 5.69 Å². The third-order valence-corrected chi connectivity index (χ3v) is 3.93. The van der Waals surface area contributed by atoms with E-state index in [0.717, 1.165) is 4.90 Å². The van der Waals surface area contributed by atoms with Gasteiger partial charge in [0, 0.05) is 11.1 Å². The predicted molar refractivity (Wildman–Crippen MR) is 80.3 cm³/mol. The van der Waals surface area contributed by atoms with Gasteiger partial charge in [-0.1, -0.05) is 37.7 Å². The molecule has 4 nitrogen and oxygen atoms in total. The molecule has 0 saturated carbocycles. The topological polar surface area (TPSA) is 76.2 Å². The van der Waals surface area contributed by atoms with E-state index in [4.69, 9.17) is 10.8 Å². The average Bonchev–Trinajstić information content (AvgIpc) is 2.41. The number of aromatic nitrogens is 1. The molecule has 0 aliphatic carbocycles. The zero-order chi connectivity index (χ0) is 14.7. The van der Waals surface area contributed by atoms with E-state index >= 15 is 0 Å². The minimum Gasteiger partial charge on any atom is -0.478 e. The van der Waals surface area contributed by atoms with E-state index in [0.29, 0.717) is 16.6 Å². The molecule has 20 heavy (non-hydrogen) atoms. The molecule has 0 spiro atoms. The first-order valence-corrected chi connectivity index (χ1v) is 7.05. The smallest absolute Gasteiger partial charge is 0.337 e. The average molecular weight is 288 g/mol. The number of aromatic carboxylic acids is 1. The summed E-state index contributed by atoms with van der Waals surface area (Å²) >= 11 is 1.43. The van der Waals surface area contributed by atoms with E-state index in [9.17, 15) is 4.79 Å². The van der Waals surface area contributed by atoms with Crippen LogP contribution in [-0.4, -0.2) is 16.1 Å². The molecule has 0 unspecified atom stereocenters. The molecule has 0 fully saturated rings. The molecule has 1 heterocycles. The first kappa shape index (κ1) is 14.4. The van der Waals surface area contributed by atoms with Crippen molar-refractivity contribution in [3.05, 3.63) is 47.7 Å². The van der Waals surface area contributed by atoms with Crippen LogP contribution in [0, 0.1) is 0 Å². The Morgan fingerprint density at radius 3 is 2.45 bits per heavy atom. The molecule has 3 N–H and O–H groups in total. The Morgan fingerprint density at radius 1 is 1.30 bits per heavy atom. The Morgan fingerprint density at radius 2 is 1.95 bits per heavy atom. The van der Waals surface area contributed by atoms with Gasteiger partial charge in [0.05, 0.1) is 11.3 Å². The van der Waals surface area contributed by atoms with Gasteiger partial charge in [0.2, 0.25) is 0 Å². The molecule has 5 heteroatoms. The monoisotopic (exact) mass is 288 g/mol. The molecule has 0 saturated heterocycles. The largest absolute Gasteiger partial charge is 0.478 e. The van der Waals surface area contributed by atoms with E-state index in [-0.39, 0.29) is 5.56 Å². The number of rotatable bonds is 4. The normalized spacial score (nSPS) is 10.8. The van der Waals surface area contributed by atoms with Crippen LogP contribution < -0.4 is 5.73 Å². The van der Waals surface area contributed by atoms with Crippen molar-refractivity contribution in [2.75, 3.05) is 5.73 Å². The van der Waals surface area contributed by atoms with Crippen molar-refractivity contribution in [1.82, 2.24) is 4.98 Å². The second-order valence-electron chi connectivity index (χ2n) is 4.75. The minimum atomic E-state index is -1.03. The summed E-state index contributed by atoms with van der Waals surface area (Å²) < 4.78 is 0. The first-order valence-electron chi connectivity index (χ1n) is 6.24. The van der Waals surface area contributed by atoms with Crippen LogP contribution in [0.25, 0.3) is 0 Å². The van der Waals surface area contributed by atoms with Crippen LogP contribution >= 0.6 is 11.8 Å². The van der Waals surface area contributed by atoms with Gasteiger partial charge >= 0.3 is 5.97 Å². The lowest BCUT2D eigenvalue weighted by Crippen LogP contribution is -2.00. The summed E-state index contributed by atoms with van der Waals surface area (Å²) in [6, 6.07) is 9.63. The molecular formula is C15H16N2O2S. The molecule has 0 amide bonds. The maximum Gasteiger partial charge on any atom is 0.337 e. The predicted octanol–water partition coefficient (Wildman–Crippen LogP) is 3.64.